The highest BCUT2D eigenvalue weighted by Crippen LogP contribution is 2.21. The number of hydrogen-bond donors (Lipinski definition) is 1. The first-order valence-corrected chi connectivity index (χ1v) is 6.00. The number of pyridine rings is 1. The molecule has 0 aliphatic carbocycles. The van der Waals surface area contributed by atoms with Crippen LogP contribution in [-0.4, -0.2) is 12.0 Å². The van der Waals surface area contributed by atoms with Gasteiger partial charge in [-0.1, -0.05) is 12.1 Å². The number of rotatable bonds is 3. The van der Waals surface area contributed by atoms with Crippen LogP contribution in [0.1, 0.15) is 16.7 Å². The van der Waals surface area contributed by atoms with E-state index in [1.807, 2.05) is 36.2 Å². The summed E-state index contributed by atoms with van der Waals surface area (Å²) in [4.78, 5) is 6.08. The summed E-state index contributed by atoms with van der Waals surface area (Å²) in [5, 5.41) is 17.7. The molecule has 0 unspecified atom stereocenters. The van der Waals surface area contributed by atoms with E-state index in [-0.39, 0.29) is 0 Å². The van der Waals surface area contributed by atoms with Crippen molar-refractivity contribution < 1.29 is 0 Å². The van der Waals surface area contributed by atoms with Gasteiger partial charge in [0.25, 0.3) is 0 Å². The molecule has 0 radical (unpaired) electrons. The van der Waals surface area contributed by atoms with Gasteiger partial charge in [0, 0.05) is 19.8 Å². The normalized spacial score (nSPS) is 9.55. The Balaban J connectivity index is 2.22. The molecule has 1 heterocycles. The molecular formula is C15H13N5. The van der Waals surface area contributed by atoms with E-state index in [2.05, 4.69) is 11.1 Å². The lowest BCUT2D eigenvalue weighted by atomic mass is 10.1. The molecule has 5 nitrogen and oxygen atoms in total. The van der Waals surface area contributed by atoms with Crippen LogP contribution >= 0.6 is 0 Å². The number of nitrogens with zero attached hydrogens (tertiary/aromatic N) is 4. The second-order valence-electron chi connectivity index (χ2n) is 4.42. The van der Waals surface area contributed by atoms with Crippen molar-refractivity contribution in [2.75, 3.05) is 17.7 Å². The van der Waals surface area contributed by atoms with Crippen LogP contribution < -0.4 is 10.6 Å². The fourth-order valence-corrected chi connectivity index (χ4v) is 1.94. The van der Waals surface area contributed by atoms with Crippen molar-refractivity contribution in [2.24, 2.45) is 0 Å². The lowest BCUT2D eigenvalue weighted by Gasteiger charge is -2.20. The molecule has 0 saturated carbocycles. The summed E-state index contributed by atoms with van der Waals surface area (Å²) in [5.74, 6) is 0.617. The fourth-order valence-electron chi connectivity index (χ4n) is 1.94. The van der Waals surface area contributed by atoms with Crippen molar-refractivity contribution in [3.8, 4) is 12.1 Å². The van der Waals surface area contributed by atoms with Crippen LogP contribution in [0.2, 0.25) is 0 Å². The molecule has 2 rings (SSSR count). The molecule has 98 valence electrons. The number of nitriles is 2. The SMILES string of the molecule is CN(Cc1cccc(C#N)c1)c1ncc(C#N)cc1N. The van der Waals surface area contributed by atoms with Crippen LogP contribution in [-0.2, 0) is 6.54 Å². The zero-order chi connectivity index (χ0) is 14.5. The molecule has 20 heavy (non-hydrogen) atoms. The first-order valence-electron chi connectivity index (χ1n) is 6.00. The van der Waals surface area contributed by atoms with Crippen LogP contribution in [0.25, 0.3) is 0 Å². The number of aromatic nitrogens is 1. The van der Waals surface area contributed by atoms with E-state index >= 15 is 0 Å². The van der Waals surface area contributed by atoms with E-state index in [4.69, 9.17) is 16.3 Å². The van der Waals surface area contributed by atoms with Gasteiger partial charge in [0.2, 0.25) is 0 Å². The monoisotopic (exact) mass is 263 g/mol. The van der Waals surface area contributed by atoms with Crippen LogP contribution in [0.5, 0.6) is 0 Å². The minimum Gasteiger partial charge on any atom is -0.396 e. The Kier molecular flexibility index (Phi) is 3.83. The number of nitrogens with two attached hydrogens (primary N) is 1. The second-order valence-corrected chi connectivity index (χ2v) is 4.42. The van der Waals surface area contributed by atoms with Crippen molar-refractivity contribution in [3.63, 3.8) is 0 Å². The summed E-state index contributed by atoms with van der Waals surface area (Å²) >= 11 is 0. The Morgan fingerprint density at radius 3 is 2.60 bits per heavy atom. The standard InChI is InChI=1S/C15H13N5/c1-20(10-12-4-2-3-11(5-12)7-16)15-14(18)6-13(8-17)9-19-15/h2-6,9H,10,18H2,1H3. The first kappa shape index (κ1) is 13.4. The molecule has 2 N–H and O–H groups in total. The third-order valence-electron chi connectivity index (χ3n) is 2.86. The number of nitrogen functional groups attached to an aromatic ring is 1. The van der Waals surface area contributed by atoms with Crippen LogP contribution in [0.4, 0.5) is 11.5 Å². The Labute approximate surface area is 117 Å². The molecule has 0 atom stereocenters. The van der Waals surface area contributed by atoms with Gasteiger partial charge in [0.15, 0.2) is 5.82 Å². The maximum atomic E-state index is 8.89. The fraction of sp³-hybridized carbons (Fsp3) is 0.133. The van der Waals surface area contributed by atoms with Crippen molar-refractivity contribution in [3.05, 3.63) is 53.2 Å². The highest BCUT2D eigenvalue weighted by atomic mass is 15.2. The lowest BCUT2D eigenvalue weighted by Crippen LogP contribution is -2.19. The van der Waals surface area contributed by atoms with Gasteiger partial charge in [-0.3, -0.25) is 0 Å². The smallest absolute Gasteiger partial charge is 0.151 e. The van der Waals surface area contributed by atoms with Crippen LogP contribution in [0.3, 0.4) is 0 Å². The average Bonchev–Trinajstić information content (AvgIpc) is 2.47. The molecule has 0 bridgehead atoms. The first-order chi connectivity index (χ1) is 9.63. The van der Waals surface area contributed by atoms with Gasteiger partial charge in [0.05, 0.1) is 22.9 Å². The van der Waals surface area contributed by atoms with Crippen LogP contribution in [0.15, 0.2) is 36.5 Å². The molecule has 1 aromatic heterocycles. The summed E-state index contributed by atoms with van der Waals surface area (Å²) in [6.07, 6.45) is 1.49. The van der Waals surface area contributed by atoms with E-state index in [1.54, 1.807) is 12.1 Å². The van der Waals surface area contributed by atoms with Crippen molar-refractivity contribution in [2.45, 2.75) is 6.54 Å². The summed E-state index contributed by atoms with van der Waals surface area (Å²) in [5.41, 5.74) is 8.42. The van der Waals surface area contributed by atoms with Gasteiger partial charge in [0.1, 0.15) is 6.07 Å². The van der Waals surface area contributed by atoms with Crippen LogP contribution in [0, 0.1) is 22.7 Å². The third-order valence-corrected chi connectivity index (χ3v) is 2.86. The largest absolute Gasteiger partial charge is 0.396 e. The summed E-state index contributed by atoms with van der Waals surface area (Å²) in [6, 6.07) is 13.1. The molecule has 5 heteroatoms. The number of benzene rings is 1. The zero-order valence-corrected chi connectivity index (χ0v) is 11.0. The molecule has 0 fully saturated rings. The molecule has 0 amide bonds. The maximum Gasteiger partial charge on any atom is 0.151 e. The second kappa shape index (κ2) is 5.73. The summed E-state index contributed by atoms with van der Waals surface area (Å²) in [6.45, 7) is 0.582. The quantitative estimate of drug-likeness (QED) is 0.915. The van der Waals surface area contributed by atoms with E-state index in [9.17, 15) is 0 Å². The van der Waals surface area contributed by atoms with Gasteiger partial charge >= 0.3 is 0 Å². The van der Waals surface area contributed by atoms with Gasteiger partial charge in [-0.25, -0.2) is 4.98 Å². The molecule has 2 aromatic rings. The molecule has 1 aromatic carbocycles. The Morgan fingerprint density at radius 1 is 1.20 bits per heavy atom. The van der Waals surface area contributed by atoms with Crippen molar-refractivity contribution in [1.29, 1.82) is 10.5 Å². The number of anilines is 2. The summed E-state index contributed by atoms with van der Waals surface area (Å²) < 4.78 is 0. The van der Waals surface area contributed by atoms with E-state index in [1.165, 1.54) is 6.20 Å². The number of hydrogen-bond acceptors (Lipinski definition) is 5. The van der Waals surface area contributed by atoms with Crippen molar-refractivity contribution >= 4 is 11.5 Å². The van der Waals surface area contributed by atoms with Gasteiger partial charge in [-0.05, 0) is 23.8 Å². The minimum absolute atomic E-state index is 0.436. The molecule has 0 saturated heterocycles. The van der Waals surface area contributed by atoms with E-state index < -0.39 is 0 Å². The predicted molar refractivity (Wildman–Crippen MR) is 76.6 cm³/mol. The molecule has 0 aliphatic rings. The maximum absolute atomic E-state index is 8.89. The van der Waals surface area contributed by atoms with E-state index in [0.717, 1.165) is 5.56 Å². The predicted octanol–water partition coefficient (Wildman–Crippen LogP) is 2.04. The zero-order valence-electron chi connectivity index (χ0n) is 11.0. The Bertz CT molecular complexity index is 709. The van der Waals surface area contributed by atoms with Crippen molar-refractivity contribution in [1.82, 2.24) is 4.98 Å². The Morgan fingerprint density at radius 2 is 1.95 bits per heavy atom. The topological polar surface area (TPSA) is 89.7 Å². The summed E-state index contributed by atoms with van der Waals surface area (Å²) in [7, 11) is 1.86. The average molecular weight is 263 g/mol. The molecule has 0 spiro atoms. The Hall–Kier alpha value is -3.05. The van der Waals surface area contributed by atoms with Gasteiger partial charge in [-0.2, -0.15) is 10.5 Å². The third kappa shape index (κ3) is 2.85. The minimum atomic E-state index is 0.436. The van der Waals surface area contributed by atoms with Gasteiger partial charge in [-0.15, -0.1) is 0 Å². The van der Waals surface area contributed by atoms with Gasteiger partial charge < -0.3 is 10.6 Å². The lowest BCUT2D eigenvalue weighted by molar-refractivity contribution is 0.899. The highest BCUT2D eigenvalue weighted by molar-refractivity contribution is 5.64. The molecule has 0 aliphatic heterocycles. The molecular weight excluding hydrogens is 250 g/mol. The van der Waals surface area contributed by atoms with E-state index in [0.29, 0.717) is 29.2 Å². The highest BCUT2D eigenvalue weighted by Gasteiger charge is 2.09.